The molecule has 3 nitrogen and oxygen atoms in total. The molecule has 0 aliphatic heterocycles. The Morgan fingerprint density at radius 3 is 2.75 bits per heavy atom. The smallest absolute Gasteiger partial charge is 0.117 e. The molecular formula is C15H18Cl2N2O. The molecule has 20 heavy (non-hydrogen) atoms. The lowest BCUT2D eigenvalue weighted by Gasteiger charge is -2.19. The van der Waals surface area contributed by atoms with E-state index in [-0.39, 0.29) is 6.04 Å². The molecule has 0 aliphatic carbocycles. The third kappa shape index (κ3) is 4.00. The molecule has 0 saturated heterocycles. The maximum absolute atomic E-state index is 6.19. The summed E-state index contributed by atoms with van der Waals surface area (Å²) in [6.45, 7) is 1.62. The van der Waals surface area contributed by atoms with Crippen LogP contribution < -0.4 is 5.73 Å². The average Bonchev–Trinajstić information content (AvgIpc) is 2.92. The number of hydrogen-bond donors (Lipinski definition) is 1. The van der Waals surface area contributed by atoms with Crippen molar-refractivity contribution in [3.63, 3.8) is 0 Å². The Morgan fingerprint density at radius 2 is 2.05 bits per heavy atom. The van der Waals surface area contributed by atoms with Gasteiger partial charge in [0.15, 0.2) is 0 Å². The monoisotopic (exact) mass is 312 g/mol. The molecule has 1 unspecified atom stereocenters. The SMILES string of the molecule is CN(CCC(N)c1cccc(Cl)c1Cl)Cc1ccco1. The quantitative estimate of drug-likeness (QED) is 0.873. The molecule has 2 N–H and O–H groups in total. The molecule has 0 fully saturated rings. The van der Waals surface area contributed by atoms with Crippen molar-refractivity contribution in [1.82, 2.24) is 4.90 Å². The van der Waals surface area contributed by atoms with Gasteiger partial charge in [-0.1, -0.05) is 35.3 Å². The number of nitrogens with zero attached hydrogens (tertiary/aromatic N) is 1. The predicted octanol–water partition coefficient (Wildman–Crippen LogP) is 4.11. The van der Waals surface area contributed by atoms with E-state index in [2.05, 4.69) is 4.90 Å². The minimum Gasteiger partial charge on any atom is -0.468 e. The summed E-state index contributed by atoms with van der Waals surface area (Å²) in [7, 11) is 2.04. The van der Waals surface area contributed by atoms with Crippen LogP contribution in [0.2, 0.25) is 10.0 Å². The van der Waals surface area contributed by atoms with Crippen LogP contribution in [0.5, 0.6) is 0 Å². The molecule has 1 heterocycles. The van der Waals surface area contributed by atoms with E-state index in [1.165, 1.54) is 0 Å². The second-order valence-corrected chi connectivity index (χ2v) is 5.64. The van der Waals surface area contributed by atoms with Crippen LogP contribution in [0, 0.1) is 0 Å². The van der Waals surface area contributed by atoms with Crippen LogP contribution in [-0.2, 0) is 6.54 Å². The van der Waals surface area contributed by atoms with Gasteiger partial charge in [0.25, 0.3) is 0 Å². The first-order valence-electron chi connectivity index (χ1n) is 6.48. The molecule has 5 heteroatoms. The highest BCUT2D eigenvalue weighted by Crippen LogP contribution is 2.30. The van der Waals surface area contributed by atoms with Crippen LogP contribution in [0.4, 0.5) is 0 Å². The summed E-state index contributed by atoms with van der Waals surface area (Å²) in [5.41, 5.74) is 7.09. The molecule has 2 aromatic rings. The van der Waals surface area contributed by atoms with Gasteiger partial charge in [-0.25, -0.2) is 0 Å². The van der Waals surface area contributed by atoms with Crippen molar-refractivity contribution in [1.29, 1.82) is 0 Å². The third-order valence-corrected chi connectivity index (χ3v) is 4.04. The Bertz CT molecular complexity index is 543. The zero-order valence-electron chi connectivity index (χ0n) is 11.4. The lowest BCUT2D eigenvalue weighted by Crippen LogP contribution is -2.23. The second kappa shape index (κ2) is 7.14. The van der Waals surface area contributed by atoms with Gasteiger partial charge in [-0.2, -0.15) is 0 Å². The Hall–Kier alpha value is -1.00. The number of nitrogens with two attached hydrogens (primary N) is 1. The van der Waals surface area contributed by atoms with Crippen molar-refractivity contribution < 1.29 is 4.42 Å². The minimum absolute atomic E-state index is 0.125. The van der Waals surface area contributed by atoms with Crippen molar-refractivity contribution >= 4 is 23.2 Å². The highest BCUT2D eigenvalue weighted by molar-refractivity contribution is 6.42. The van der Waals surface area contributed by atoms with Gasteiger partial charge in [-0.05, 0) is 37.2 Å². The van der Waals surface area contributed by atoms with E-state index in [1.54, 1.807) is 12.3 Å². The summed E-state index contributed by atoms with van der Waals surface area (Å²) in [4.78, 5) is 2.16. The second-order valence-electron chi connectivity index (χ2n) is 4.86. The largest absolute Gasteiger partial charge is 0.468 e. The van der Waals surface area contributed by atoms with Gasteiger partial charge in [0.1, 0.15) is 5.76 Å². The molecule has 1 aromatic heterocycles. The molecular weight excluding hydrogens is 295 g/mol. The Kier molecular flexibility index (Phi) is 5.49. The van der Waals surface area contributed by atoms with Crippen molar-refractivity contribution in [3.05, 3.63) is 58.0 Å². The lowest BCUT2D eigenvalue weighted by atomic mass is 10.0. The van der Waals surface area contributed by atoms with E-state index in [1.807, 2.05) is 31.3 Å². The van der Waals surface area contributed by atoms with Crippen molar-refractivity contribution in [2.24, 2.45) is 5.73 Å². The molecule has 0 radical (unpaired) electrons. The first kappa shape index (κ1) is 15.4. The molecule has 0 bridgehead atoms. The van der Waals surface area contributed by atoms with E-state index >= 15 is 0 Å². The molecule has 108 valence electrons. The number of benzene rings is 1. The Morgan fingerprint density at radius 1 is 1.25 bits per heavy atom. The number of furan rings is 1. The zero-order chi connectivity index (χ0) is 14.5. The van der Waals surface area contributed by atoms with Gasteiger partial charge in [0, 0.05) is 12.6 Å². The molecule has 0 aliphatic rings. The highest BCUT2D eigenvalue weighted by Gasteiger charge is 2.13. The van der Waals surface area contributed by atoms with Crippen LogP contribution in [-0.4, -0.2) is 18.5 Å². The van der Waals surface area contributed by atoms with E-state index in [0.717, 1.165) is 30.8 Å². The van der Waals surface area contributed by atoms with E-state index in [0.29, 0.717) is 10.0 Å². The number of halogens is 2. The zero-order valence-corrected chi connectivity index (χ0v) is 12.9. The van der Waals surface area contributed by atoms with Gasteiger partial charge < -0.3 is 10.2 Å². The van der Waals surface area contributed by atoms with E-state index < -0.39 is 0 Å². The van der Waals surface area contributed by atoms with Crippen LogP contribution in [0.15, 0.2) is 41.0 Å². The fourth-order valence-electron chi connectivity index (χ4n) is 2.07. The topological polar surface area (TPSA) is 42.4 Å². The Labute approximate surface area is 129 Å². The third-order valence-electron chi connectivity index (χ3n) is 3.21. The highest BCUT2D eigenvalue weighted by atomic mass is 35.5. The standard InChI is InChI=1S/C15H18Cl2N2O/c1-19(10-11-4-3-9-20-11)8-7-14(18)12-5-2-6-13(16)15(12)17/h2-6,9,14H,7-8,10,18H2,1H3. The van der Waals surface area contributed by atoms with E-state index in [4.69, 9.17) is 33.4 Å². The van der Waals surface area contributed by atoms with E-state index in [9.17, 15) is 0 Å². The first-order valence-corrected chi connectivity index (χ1v) is 7.24. The normalized spacial score (nSPS) is 12.8. The first-order chi connectivity index (χ1) is 9.58. The molecule has 2 rings (SSSR count). The van der Waals surface area contributed by atoms with Crippen LogP contribution in [0.3, 0.4) is 0 Å². The van der Waals surface area contributed by atoms with Gasteiger partial charge in [0.05, 0.1) is 22.9 Å². The lowest BCUT2D eigenvalue weighted by molar-refractivity contribution is 0.284. The molecule has 1 atom stereocenters. The van der Waals surface area contributed by atoms with Crippen LogP contribution in [0.1, 0.15) is 23.8 Å². The molecule has 0 spiro atoms. The van der Waals surface area contributed by atoms with Gasteiger partial charge in [-0.15, -0.1) is 0 Å². The molecule has 0 amide bonds. The molecule has 0 saturated carbocycles. The molecule has 1 aromatic carbocycles. The van der Waals surface area contributed by atoms with Gasteiger partial charge in [-0.3, -0.25) is 4.90 Å². The summed E-state index contributed by atoms with van der Waals surface area (Å²) in [5, 5.41) is 1.10. The van der Waals surface area contributed by atoms with Crippen molar-refractivity contribution in [2.45, 2.75) is 19.0 Å². The average molecular weight is 313 g/mol. The predicted molar refractivity (Wildman–Crippen MR) is 83.0 cm³/mol. The maximum Gasteiger partial charge on any atom is 0.117 e. The number of rotatable bonds is 6. The van der Waals surface area contributed by atoms with Crippen molar-refractivity contribution in [3.8, 4) is 0 Å². The Balaban J connectivity index is 1.88. The summed E-state index contributed by atoms with van der Waals surface area (Å²) in [5.74, 6) is 0.946. The van der Waals surface area contributed by atoms with Crippen LogP contribution >= 0.6 is 23.2 Å². The summed E-state index contributed by atoms with van der Waals surface area (Å²) >= 11 is 12.2. The summed E-state index contributed by atoms with van der Waals surface area (Å²) in [6.07, 6.45) is 2.48. The van der Waals surface area contributed by atoms with Gasteiger partial charge in [0.2, 0.25) is 0 Å². The summed E-state index contributed by atoms with van der Waals surface area (Å²) < 4.78 is 5.32. The fraction of sp³-hybridized carbons (Fsp3) is 0.333. The van der Waals surface area contributed by atoms with Crippen LogP contribution in [0.25, 0.3) is 0 Å². The van der Waals surface area contributed by atoms with Crippen molar-refractivity contribution in [2.75, 3.05) is 13.6 Å². The minimum atomic E-state index is -0.125. The summed E-state index contributed by atoms with van der Waals surface area (Å²) in [6, 6.07) is 9.29. The van der Waals surface area contributed by atoms with Gasteiger partial charge >= 0.3 is 0 Å². The maximum atomic E-state index is 6.19. The fourth-order valence-corrected chi connectivity index (χ4v) is 2.52. The number of hydrogen-bond acceptors (Lipinski definition) is 3.